The van der Waals surface area contributed by atoms with E-state index < -0.39 is 0 Å². The lowest BCUT2D eigenvalue weighted by atomic mass is 10.0. The highest BCUT2D eigenvalue weighted by atomic mass is 32.2. The molecule has 1 atom stereocenters. The largest absolute Gasteiger partial charge is 0.324 e. The Morgan fingerprint density at radius 3 is 2.57 bits per heavy atom. The molecule has 0 fully saturated rings. The molecule has 0 amide bonds. The lowest BCUT2D eigenvalue weighted by Gasteiger charge is -2.10. The van der Waals surface area contributed by atoms with Gasteiger partial charge in [-0.2, -0.15) is 0 Å². The van der Waals surface area contributed by atoms with Crippen molar-refractivity contribution in [2.45, 2.75) is 23.8 Å². The minimum Gasteiger partial charge on any atom is -0.324 e. The Labute approximate surface area is 90.4 Å². The second-order valence-electron chi connectivity index (χ2n) is 3.25. The number of rotatable bonds is 5. The molecule has 0 saturated carbocycles. The first kappa shape index (κ1) is 11.3. The normalized spacial score (nSPS) is 12.4. The zero-order valence-corrected chi connectivity index (χ0v) is 9.39. The Balaban J connectivity index is 2.61. The first-order chi connectivity index (χ1) is 6.77. The molecule has 76 valence electrons. The minimum absolute atomic E-state index is 0.143. The van der Waals surface area contributed by atoms with Gasteiger partial charge in [-0.25, -0.2) is 0 Å². The molecule has 0 aliphatic carbocycles. The van der Waals surface area contributed by atoms with Crippen LogP contribution in [0.5, 0.6) is 0 Å². The molecule has 0 unspecified atom stereocenters. The molecule has 2 heteroatoms. The van der Waals surface area contributed by atoms with E-state index in [1.165, 1.54) is 10.5 Å². The number of hydrogen-bond donors (Lipinski definition) is 1. The molecule has 1 aromatic rings. The van der Waals surface area contributed by atoms with Gasteiger partial charge in [0, 0.05) is 10.9 Å². The van der Waals surface area contributed by atoms with Crippen molar-refractivity contribution in [1.29, 1.82) is 0 Å². The van der Waals surface area contributed by atoms with Gasteiger partial charge in [-0.15, -0.1) is 18.3 Å². The quantitative estimate of drug-likeness (QED) is 0.591. The first-order valence-corrected chi connectivity index (χ1v) is 6.01. The number of allylic oxidation sites excluding steroid dienone is 1. The van der Waals surface area contributed by atoms with Crippen LogP contribution in [0.1, 0.15) is 24.4 Å². The van der Waals surface area contributed by atoms with E-state index in [0.717, 1.165) is 12.8 Å². The summed E-state index contributed by atoms with van der Waals surface area (Å²) in [5.41, 5.74) is 7.23. The van der Waals surface area contributed by atoms with Gasteiger partial charge in [0.1, 0.15) is 0 Å². The summed E-state index contributed by atoms with van der Waals surface area (Å²) in [6.45, 7) is 3.69. The second kappa shape index (κ2) is 5.89. The molecule has 0 saturated heterocycles. The number of nitrogens with two attached hydrogens (primary N) is 1. The lowest BCUT2D eigenvalue weighted by Crippen LogP contribution is -2.09. The molecule has 1 aromatic carbocycles. The minimum atomic E-state index is 0.143. The van der Waals surface area contributed by atoms with Gasteiger partial charge < -0.3 is 5.73 Å². The molecular formula is C12H17NS. The van der Waals surface area contributed by atoms with E-state index in [4.69, 9.17) is 5.73 Å². The summed E-state index contributed by atoms with van der Waals surface area (Å²) in [6, 6.07) is 8.60. The standard InChI is InChI=1S/C12H17NS/c1-3-4-5-12(13)10-6-8-11(14-2)9-7-10/h3,6-9,12H,1,4-5,13H2,2H3/t12-/m1/s1. The SMILES string of the molecule is C=CCC[C@@H](N)c1ccc(SC)cc1. The highest BCUT2D eigenvalue weighted by molar-refractivity contribution is 7.98. The van der Waals surface area contributed by atoms with Gasteiger partial charge in [0.05, 0.1) is 0 Å². The van der Waals surface area contributed by atoms with E-state index in [2.05, 4.69) is 37.1 Å². The number of thioether (sulfide) groups is 1. The summed E-state index contributed by atoms with van der Waals surface area (Å²) in [5.74, 6) is 0. The van der Waals surface area contributed by atoms with Crippen LogP contribution >= 0.6 is 11.8 Å². The van der Waals surface area contributed by atoms with E-state index in [9.17, 15) is 0 Å². The second-order valence-corrected chi connectivity index (χ2v) is 4.13. The van der Waals surface area contributed by atoms with Gasteiger partial charge in [-0.3, -0.25) is 0 Å². The van der Waals surface area contributed by atoms with Crippen LogP contribution in [0.25, 0.3) is 0 Å². The van der Waals surface area contributed by atoms with Crippen molar-refractivity contribution in [1.82, 2.24) is 0 Å². The van der Waals surface area contributed by atoms with Crippen molar-refractivity contribution in [3.63, 3.8) is 0 Å². The summed E-state index contributed by atoms with van der Waals surface area (Å²) >= 11 is 1.75. The zero-order chi connectivity index (χ0) is 10.4. The van der Waals surface area contributed by atoms with E-state index in [-0.39, 0.29) is 6.04 Å². The first-order valence-electron chi connectivity index (χ1n) is 4.78. The summed E-state index contributed by atoms with van der Waals surface area (Å²) in [7, 11) is 0. The Kier molecular flexibility index (Phi) is 4.77. The fraction of sp³-hybridized carbons (Fsp3) is 0.333. The monoisotopic (exact) mass is 207 g/mol. The predicted molar refractivity (Wildman–Crippen MR) is 64.6 cm³/mol. The van der Waals surface area contributed by atoms with Crippen molar-refractivity contribution < 1.29 is 0 Å². The Bertz CT molecular complexity index is 279. The van der Waals surface area contributed by atoms with E-state index in [1.807, 2.05) is 6.08 Å². The summed E-state index contributed by atoms with van der Waals surface area (Å²) in [4.78, 5) is 1.28. The third-order valence-corrected chi connectivity index (χ3v) is 2.97. The molecule has 0 aliphatic rings. The van der Waals surface area contributed by atoms with Gasteiger partial charge in [-0.05, 0) is 36.8 Å². The van der Waals surface area contributed by atoms with Crippen LogP contribution < -0.4 is 5.73 Å². The summed E-state index contributed by atoms with van der Waals surface area (Å²) in [5, 5.41) is 0. The van der Waals surface area contributed by atoms with Crippen molar-refractivity contribution in [3.8, 4) is 0 Å². The molecule has 0 heterocycles. The van der Waals surface area contributed by atoms with Gasteiger partial charge in [-0.1, -0.05) is 18.2 Å². The molecule has 1 rings (SSSR count). The molecule has 0 aliphatic heterocycles. The van der Waals surface area contributed by atoms with Crippen molar-refractivity contribution >= 4 is 11.8 Å². The van der Waals surface area contributed by atoms with Crippen LogP contribution in [-0.4, -0.2) is 6.26 Å². The van der Waals surface area contributed by atoms with E-state index >= 15 is 0 Å². The molecule has 0 aromatic heterocycles. The molecule has 2 N–H and O–H groups in total. The van der Waals surface area contributed by atoms with Crippen LogP contribution in [0.2, 0.25) is 0 Å². The topological polar surface area (TPSA) is 26.0 Å². The predicted octanol–water partition coefficient (Wildman–Crippen LogP) is 3.37. The average molecular weight is 207 g/mol. The molecule has 0 bridgehead atoms. The highest BCUT2D eigenvalue weighted by Crippen LogP contribution is 2.20. The van der Waals surface area contributed by atoms with Crippen LogP contribution in [0.15, 0.2) is 41.8 Å². The Morgan fingerprint density at radius 2 is 2.07 bits per heavy atom. The molecule has 0 radical (unpaired) electrons. The van der Waals surface area contributed by atoms with Crippen LogP contribution in [0, 0.1) is 0 Å². The maximum atomic E-state index is 6.02. The van der Waals surface area contributed by atoms with Crippen molar-refractivity contribution in [2.24, 2.45) is 5.73 Å². The summed E-state index contributed by atoms with van der Waals surface area (Å²) < 4.78 is 0. The van der Waals surface area contributed by atoms with Crippen molar-refractivity contribution in [2.75, 3.05) is 6.26 Å². The van der Waals surface area contributed by atoms with Gasteiger partial charge in [0.25, 0.3) is 0 Å². The third-order valence-electron chi connectivity index (χ3n) is 2.23. The fourth-order valence-corrected chi connectivity index (χ4v) is 1.72. The van der Waals surface area contributed by atoms with Gasteiger partial charge in [0.2, 0.25) is 0 Å². The van der Waals surface area contributed by atoms with Crippen LogP contribution in [0.3, 0.4) is 0 Å². The zero-order valence-electron chi connectivity index (χ0n) is 8.57. The maximum absolute atomic E-state index is 6.02. The van der Waals surface area contributed by atoms with Crippen molar-refractivity contribution in [3.05, 3.63) is 42.5 Å². The lowest BCUT2D eigenvalue weighted by molar-refractivity contribution is 0.661. The third kappa shape index (κ3) is 3.20. The number of benzene rings is 1. The van der Waals surface area contributed by atoms with Crippen LogP contribution in [-0.2, 0) is 0 Å². The van der Waals surface area contributed by atoms with Gasteiger partial charge in [0.15, 0.2) is 0 Å². The average Bonchev–Trinajstić information content (AvgIpc) is 2.26. The smallest absolute Gasteiger partial charge is 0.0297 e. The fourth-order valence-electron chi connectivity index (χ4n) is 1.32. The molecule has 1 nitrogen and oxygen atoms in total. The van der Waals surface area contributed by atoms with Crippen LogP contribution in [0.4, 0.5) is 0 Å². The maximum Gasteiger partial charge on any atom is 0.0297 e. The number of hydrogen-bond acceptors (Lipinski definition) is 2. The van der Waals surface area contributed by atoms with Gasteiger partial charge >= 0.3 is 0 Å². The Morgan fingerprint density at radius 1 is 1.43 bits per heavy atom. The molecular weight excluding hydrogens is 190 g/mol. The molecule has 14 heavy (non-hydrogen) atoms. The highest BCUT2D eigenvalue weighted by Gasteiger charge is 2.03. The Hall–Kier alpha value is -0.730. The van der Waals surface area contributed by atoms with E-state index in [0.29, 0.717) is 0 Å². The molecule has 0 spiro atoms. The van der Waals surface area contributed by atoms with E-state index in [1.54, 1.807) is 11.8 Å². The summed E-state index contributed by atoms with van der Waals surface area (Å²) in [6.07, 6.45) is 5.94.